The molecule has 1 fully saturated rings. The molecular formula is C28H35F3N6O8. The van der Waals surface area contributed by atoms with Gasteiger partial charge in [0, 0.05) is 37.0 Å². The molecule has 1 saturated heterocycles. The number of aromatic nitrogens is 5. The summed E-state index contributed by atoms with van der Waals surface area (Å²) < 4.78 is 43.5. The second-order valence-corrected chi connectivity index (χ2v) is 10.8. The first-order valence-electron chi connectivity index (χ1n) is 14.0. The number of alkyl halides is 3. The molecule has 45 heavy (non-hydrogen) atoms. The number of amides is 1. The molecule has 4 N–H and O–H groups in total. The van der Waals surface area contributed by atoms with E-state index in [0.717, 1.165) is 34.0 Å². The molecule has 0 aliphatic carbocycles. The fourth-order valence-corrected chi connectivity index (χ4v) is 5.03. The maximum Gasteiger partial charge on any atom is 0.433 e. The van der Waals surface area contributed by atoms with E-state index in [0.29, 0.717) is 37.3 Å². The number of aryl methyl sites for hydroxylation is 3. The Bertz CT molecular complexity index is 1580. The lowest BCUT2D eigenvalue weighted by Crippen LogP contribution is -2.42. The number of likely N-dealkylation sites (tertiary alicyclic amines) is 1. The van der Waals surface area contributed by atoms with Gasteiger partial charge in [0.25, 0.3) is 0 Å². The number of carbonyl (C=O) groups is 4. The molecule has 0 radical (unpaired) electrons. The first kappa shape index (κ1) is 34.9. The fraction of sp³-hybridized carbons (Fsp3) is 0.536. The molecule has 4 rings (SSSR count). The molecule has 1 amide bonds. The van der Waals surface area contributed by atoms with Crippen LogP contribution in [0.2, 0.25) is 0 Å². The molecule has 14 nitrogen and oxygen atoms in total. The molecule has 3 aromatic heterocycles. The highest BCUT2D eigenvalue weighted by Gasteiger charge is 2.41. The topological polar surface area (TPSA) is 200 Å². The van der Waals surface area contributed by atoms with Gasteiger partial charge >= 0.3 is 24.1 Å². The van der Waals surface area contributed by atoms with Crippen LogP contribution in [-0.2, 0) is 38.3 Å². The van der Waals surface area contributed by atoms with Gasteiger partial charge in [-0.05, 0) is 51.7 Å². The van der Waals surface area contributed by atoms with Crippen molar-refractivity contribution in [2.75, 3.05) is 6.54 Å². The van der Waals surface area contributed by atoms with Crippen molar-refractivity contribution in [2.24, 2.45) is 0 Å². The van der Waals surface area contributed by atoms with Gasteiger partial charge in [-0.25, -0.2) is 14.3 Å². The first-order chi connectivity index (χ1) is 20.9. The molecule has 0 spiro atoms. The van der Waals surface area contributed by atoms with Crippen molar-refractivity contribution in [3.8, 4) is 0 Å². The zero-order valence-electron chi connectivity index (χ0n) is 25.1. The molecule has 1 unspecified atom stereocenters. The number of rotatable bonds is 10. The molecule has 0 saturated carbocycles. The van der Waals surface area contributed by atoms with E-state index >= 15 is 0 Å². The summed E-state index contributed by atoms with van der Waals surface area (Å²) in [5, 5.41) is 42.5. The van der Waals surface area contributed by atoms with Crippen molar-refractivity contribution in [3.63, 3.8) is 0 Å². The van der Waals surface area contributed by atoms with E-state index in [1.807, 2.05) is 25.5 Å². The highest BCUT2D eigenvalue weighted by atomic mass is 19.4. The van der Waals surface area contributed by atoms with Crippen molar-refractivity contribution >= 4 is 29.5 Å². The van der Waals surface area contributed by atoms with Gasteiger partial charge < -0.3 is 25.3 Å². The summed E-state index contributed by atoms with van der Waals surface area (Å²) in [5.41, 5.74) is 0.465. The maximum atomic E-state index is 13.6. The number of aliphatic carboxylic acids is 3. The predicted octanol–water partition coefficient (Wildman–Crippen LogP) is 2.94. The first-order valence-corrected chi connectivity index (χ1v) is 14.0. The summed E-state index contributed by atoms with van der Waals surface area (Å²) in [6.07, 6.45) is -4.72. The Hall–Kier alpha value is -4.54. The number of hydrogen-bond acceptors (Lipinski definition) is 8. The highest BCUT2D eigenvalue weighted by molar-refractivity contribution is 5.88. The number of carbonyl (C=O) groups excluding carboxylic acids is 1. The number of carboxylic acid groups (broad SMARTS) is 3. The number of aliphatic hydroxyl groups is 1. The van der Waals surface area contributed by atoms with Gasteiger partial charge in [-0.15, -0.1) is 0 Å². The second-order valence-electron chi connectivity index (χ2n) is 10.8. The normalized spacial score (nSPS) is 15.2. The van der Waals surface area contributed by atoms with Crippen LogP contribution in [0.25, 0.3) is 5.65 Å². The van der Waals surface area contributed by atoms with Crippen LogP contribution in [0.5, 0.6) is 0 Å². The number of fused-ring (bicyclic) bond motifs is 1. The van der Waals surface area contributed by atoms with Crippen molar-refractivity contribution in [2.45, 2.75) is 90.6 Å². The lowest BCUT2D eigenvalue weighted by molar-refractivity contribution is -0.170. The Morgan fingerprint density at radius 2 is 1.62 bits per heavy atom. The Morgan fingerprint density at radius 1 is 1.00 bits per heavy atom. The molecule has 17 heteroatoms. The van der Waals surface area contributed by atoms with Crippen LogP contribution >= 0.6 is 0 Å². The van der Waals surface area contributed by atoms with Crippen LogP contribution in [0, 0.1) is 20.8 Å². The number of hydrogen-bond donors (Lipinski definition) is 4. The molecule has 3 aromatic rings. The summed E-state index contributed by atoms with van der Waals surface area (Å²) in [6.45, 7) is 8.71. The van der Waals surface area contributed by atoms with E-state index < -0.39 is 48.2 Å². The van der Waals surface area contributed by atoms with E-state index in [9.17, 15) is 32.3 Å². The van der Waals surface area contributed by atoms with Crippen molar-refractivity contribution in [1.29, 1.82) is 0 Å². The predicted molar refractivity (Wildman–Crippen MR) is 149 cm³/mol. The van der Waals surface area contributed by atoms with Gasteiger partial charge in [0.15, 0.2) is 11.2 Å². The average Bonchev–Trinajstić information content (AvgIpc) is 3.64. The minimum absolute atomic E-state index is 0.0481. The van der Waals surface area contributed by atoms with Crippen LogP contribution in [0.3, 0.4) is 0 Å². The summed E-state index contributed by atoms with van der Waals surface area (Å²) in [6, 6.07) is 2.27. The van der Waals surface area contributed by atoms with Crippen LogP contribution < -0.4 is 0 Å². The fourth-order valence-electron chi connectivity index (χ4n) is 5.03. The van der Waals surface area contributed by atoms with E-state index in [4.69, 9.17) is 20.4 Å². The SMILES string of the molecule is CCc1cc(C(F)(F)F)n2nc(C3CCCN3C(=O)CCn3nc(C)c(C)c3C)cc2n1.O=C(O)CC(O)(CC(=O)O)C(=O)O. The summed E-state index contributed by atoms with van der Waals surface area (Å²) in [7, 11) is 0. The monoisotopic (exact) mass is 640 g/mol. The van der Waals surface area contributed by atoms with Gasteiger partial charge in [0.1, 0.15) is 5.69 Å². The Morgan fingerprint density at radius 3 is 2.11 bits per heavy atom. The van der Waals surface area contributed by atoms with Gasteiger partial charge in [0.05, 0.1) is 30.3 Å². The van der Waals surface area contributed by atoms with Crippen LogP contribution in [0.15, 0.2) is 12.1 Å². The number of carboxylic acids is 3. The zero-order valence-corrected chi connectivity index (χ0v) is 25.1. The average molecular weight is 641 g/mol. The highest BCUT2D eigenvalue weighted by Crippen LogP contribution is 2.35. The third-order valence-electron chi connectivity index (χ3n) is 7.63. The molecule has 0 aromatic carbocycles. The lowest BCUT2D eigenvalue weighted by Gasteiger charge is -2.23. The van der Waals surface area contributed by atoms with Gasteiger partial charge in [-0.2, -0.15) is 23.4 Å². The molecular weight excluding hydrogens is 605 g/mol. The van der Waals surface area contributed by atoms with Gasteiger partial charge in [-0.1, -0.05) is 6.92 Å². The smallest absolute Gasteiger partial charge is 0.433 e. The number of halogens is 3. The number of nitrogens with zero attached hydrogens (tertiary/aromatic N) is 6. The second kappa shape index (κ2) is 13.6. The molecule has 1 atom stereocenters. The van der Waals surface area contributed by atoms with E-state index in [-0.39, 0.29) is 24.0 Å². The van der Waals surface area contributed by atoms with Crippen molar-refractivity contribution in [1.82, 2.24) is 29.3 Å². The Kier molecular flexibility index (Phi) is 10.6. The van der Waals surface area contributed by atoms with Crippen molar-refractivity contribution < 1.29 is 52.8 Å². The van der Waals surface area contributed by atoms with Crippen LogP contribution in [0.4, 0.5) is 13.2 Å². The lowest BCUT2D eigenvalue weighted by atomic mass is 9.96. The van der Waals surface area contributed by atoms with Gasteiger partial charge in [-0.3, -0.25) is 19.1 Å². The summed E-state index contributed by atoms with van der Waals surface area (Å²) in [5.74, 6) is -5.07. The van der Waals surface area contributed by atoms with E-state index in [1.165, 1.54) is 0 Å². The van der Waals surface area contributed by atoms with Crippen LogP contribution in [0.1, 0.15) is 79.1 Å². The van der Waals surface area contributed by atoms with Crippen molar-refractivity contribution in [3.05, 3.63) is 46.2 Å². The zero-order chi connectivity index (χ0) is 33.9. The standard InChI is InChI=1S/C22H27F3N6O.C6H8O7/c1-5-16-11-19(22(23,24)25)31-20(26-16)12-17(28-31)18-7-6-9-29(18)21(32)8-10-30-15(4)13(2)14(3)27-30;7-3(8)1-6(13,5(11)12)2-4(9)10/h11-12,18H,5-10H2,1-4H3;13H,1-2H2,(H,7,8)(H,9,10)(H,11,12). The molecule has 1 aliphatic heterocycles. The molecule has 246 valence electrons. The summed E-state index contributed by atoms with van der Waals surface area (Å²) in [4.78, 5) is 49.5. The molecule has 0 bridgehead atoms. The molecule has 1 aliphatic rings. The minimum Gasteiger partial charge on any atom is -0.481 e. The van der Waals surface area contributed by atoms with E-state index in [1.54, 1.807) is 17.9 Å². The van der Waals surface area contributed by atoms with E-state index in [2.05, 4.69) is 15.2 Å². The van der Waals surface area contributed by atoms with Gasteiger partial charge in [0.2, 0.25) is 5.91 Å². The molecule has 4 heterocycles. The maximum absolute atomic E-state index is 13.6. The Labute approximate surface area is 255 Å². The summed E-state index contributed by atoms with van der Waals surface area (Å²) >= 11 is 0. The minimum atomic E-state index is -4.54. The third-order valence-corrected chi connectivity index (χ3v) is 7.63. The largest absolute Gasteiger partial charge is 0.481 e. The third kappa shape index (κ3) is 8.14. The Balaban J connectivity index is 0.000000360. The quantitative estimate of drug-likeness (QED) is 0.254. The van der Waals surface area contributed by atoms with Crippen LogP contribution in [-0.4, -0.2) is 85.7 Å².